The molecule has 0 aliphatic rings. The Kier molecular flexibility index (Phi) is 33.7. The molecule has 0 saturated heterocycles. The van der Waals surface area contributed by atoms with Crippen LogP contribution in [-0.4, -0.2) is 103 Å². The van der Waals surface area contributed by atoms with Gasteiger partial charge >= 0.3 is 186 Å². The molecule has 1 heterocycles. The van der Waals surface area contributed by atoms with E-state index in [1.807, 2.05) is 0 Å². The third kappa shape index (κ3) is 25.8. The number of carbonyl (C=O) groups is 7. The van der Waals surface area contributed by atoms with Crippen molar-refractivity contribution in [2.75, 3.05) is 13.2 Å². The Hall–Kier alpha value is 0.679. The van der Waals surface area contributed by atoms with E-state index in [1.54, 1.807) is 5.09 Å². The second-order valence-corrected chi connectivity index (χ2v) is 12.4. The molecule has 0 saturated carbocycles. The molecule has 1 aromatic rings. The molecule has 25 heteroatoms. The summed E-state index contributed by atoms with van der Waals surface area (Å²) in [7, 11) is -4.73. The molecule has 1 aromatic heterocycles. The monoisotopic (exact) mass is 857 g/mol. The van der Waals surface area contributed by atoms with Gasteiger partial charge in [0.1, 0.15) is 18.1 Å². The Bertz CT molecular complexity index is 1420. The number of carbonyl (C=O) groups excluding carboxylic acids is 3. The van der Waals surface area contributed by atoms with Crippen LogP contribution in [0.3, 0.4) is 0 Å². The van der Waals surface area contributed by atoms with Crippen molar-refractivity contribution in [2.24, 2.45) is 0 Å². The number of carboxylic acids is 4. The van der Waals surface area contributed by atoms with Gasteiger partial charge in [-0.15, -0.1) is 0 Å². The Morgan fingerprint density at radius 3 is 1.87 bits per heavy atom. The first-order valence-corrected chi connectivity index (χ1v) is 16.7. The van der Waals surface area contributed by atoms with Gasteiger partial charge in [0.05, 0.1) is 17.2 Å². The fourth-order valence-electron chi connectivity index (χ4n) is 3.98. The van der Waals surface area contributed by atoms with Crippen LogP contribution >= 0.6 is 19.3 Å². The molecule has 0 aliphatic heterocycles. The molecule has 1 unspecified atom stereocenters. The van der Waals surface area contributed by atoms with Gasteiger partial charge in [0.25, 0.3) is 5.91 Å². The number of hydrogen-bond donors (Lipinski definition) is 9. The zero-order valence-corrected chi connectivity index (χ0v) is 40.0. The van der Waals surface area contributed by atoms with Crippen LogP contribution in [0.2, 0.25) is 5.02 Å². The van der Waals surface area contributed by atoms with Gasteiger partial charge in [0.15, 0.2) is 0 Å². The normalized spacial score (nSPS) is 13.2. The zero-order chi connectivity index (χ0) is 37.1. The van der Waals surface area contributed by atoms with Gasteiger partial charge in [-0.2, -0.15) is 4.39 Å². The minimum Gasteiger partial charge on any atom is -0.481 e. The van der Waals surface area contributed by atoms with Crippen molar-refractivity contribution in [1.82, 2.24) is 26.0 Å². The number of nitrogens with zero attached hydrogens (tertiary/aromatic N) is 1. The molecule has 4 atom stereocenters. The van der Waals surface area contributed by atoms with Crippen molar-refractivity contribution in [3.05, 3.63) is 28.8 Å². The van der Waals surface area contributed by atoms with Crippen LogP contribution in [0.25, 0.3) is 0 Å². The van der Waals surface area contributed by atoms with Crippen LogP contribution in [0.4, 0.5) is 4.39 Å². The first kappa shape index (κ1) is 57.0. The average molecular weight is 858 g/mol. The van der Waals surface area contributed by atoms with Gasteiger partial charge in [-0.1, -0.05) is 18.0 Å². The molecule has 274 valence electrons. The van der Waals surface area contributed by atoms with Crippen LogP contribution < -0.4 is 175 Å². The number of rotatable bonds is 25. The summed E-state index contributed by atoms with van der Waals surface area (Å²) in [5.74, 6) is -8.72. The van der Waals surface area contributed by atoms with E-state index < -0.39 is 99.3 Å². The van der Waals surface area contributed by atoms with Crippen LogP contribution in [-0.2, 0) is 37.9 Å². The molecular formula is C27H38ClFK3N5O14P+3. The van der Waals surface area contributed by atoms with E-state index in [9.17, 15) is 57.6 Å². The van der Waals surface area contributed by atoms with E-state index >= 15 is 0 Å². The summed E-state index contributed by atoms with van der Waals surface area (Å²) in [6, 6.07) is -3.54. The van der Waals surface area contributed by atoms with Crippen LogP contribution in [0.1, 0.15) is 74.6 Å². The summed E-state index contributed by atoms with van der Waals surface area (Å²) >= 11 is 5.60. The maximum absolute atomic E-state index is 13.1. The van der Waals surface area contributed by atoms with Crippen LogP contribution in [0.15, 0.2) is 12.3 Å². The van der Waals surface area contributed by atoms with Gasteiger partial charge < -0.3 is 41.3 Å². The largest absolute Gasteiger partial charge is 1.00 e. The number of hydrogen-bond acceptors (Lipinski definition) is 10. The van der Waals surface area contributed by atoms with E-state index in [1.165, 1.54) is 0 Å². The fraction of sp³-hybridized carbons (Fsp3) is 0.556. The van der Waals surface area contributed by atoms with Crippen molar-refractivity contribution >= 4 is 60.9 Å². The summed E-state index contributed by atoms with van der Waals surface area (Å²) in [5.41, 5.74) is 0.0681. The average Bonchev–Trinajstić information content (AvgIpc) is 3.01. The smallest absolute Gasteiger partial charge is 0.481 e. The van der Waals surface area contributed by atoms with E-state index in [0.717, 1.165) is 12.3 Å². The van der Waals surface area contributed by atoms with E-state index in [2.05, 4.69) is 20.9 Å². The number of unbranched alkanes of at least 4 members (excludes halogenated alkanes) is 2. The molecule has 0 spiro atoms. The van der Waals surface area contributed by atoms with Gasteiger partial charge in [-0.25, -0.2) is 24.2 Å². The number of carboxylic acid groups (broad SMARTS) is 4. The standard InChI is InChI=1S/C27H38ClFN5O14P.3K/c28-16-13-15(14-31-23(16)29)24(39)30-11-3-1-2-6-20(35)33-18(26(42)43)7-9-21(36)32-17(25(40)41)5-4-12-48-49(46,47)34-19(27(44)45)8-10-22(37)38;;;/h13-14,17-19H,1-12H2,(H,30,39)(H,32,36)(H,33,35)(H,37,38)(H,40,41)(H,42,43)(H,44,45)(H2,34,46,47);;;/q;3*+1/t17-,18-,19-;;;/m0.../s1/i29-1;;;. The third-order valence-corrected chi connectivity index (χ3v) is 7.95. The molecule has 52 heavy (non-hydrogen) atoms. The van der Waals surface area contributed by atoms with Gasteiger partial charge in [0.2, 0.25) is 17.8 Å². The van der Waals surface area contributed by atoms with Gasteiger partial charge in [0, 0.05) is 32.0 Å². The molecule has 3 amide bonds. The molecule has 0 fully saturated rings. The topological polar surface area (TPSA) is 308 Å². The van der Waals surface area contributed by atoms with Crippen LogP contribution in [0.5, 0.6) is 0 Å². The SMILES string of the molecule is O=C(O)CC[C@H](NP(=O)(O)OCCC[C@H](NC(=O)CC[C@H](NC(=O)CCCCCNC(=O)c1cnc([18F])c(Cl)c1)C(=O)O)C(=O)O)C(=O)O.[K+].[K+].[K+]. The van der Waals surface area contributed by atoms with Gasteiger partial charge in [-0.3, -0.25) is 28.5 Å². The quantitative estimate of drug-likeness (QED) is 0.0191. The number of aromatic nitrogens is 1. The minimum atomic E-state index is -4.73. The number of amides is 3. The van der Waals surface area contributed by atoms with E-state index in [0.29, 0.717) is 19.3 Å². The summed E-state index contributed by atoms with van der Waals surface area (Å²) in [4.78, 5) is 94.8. The zero-order valence-electron chi connectivity index (χ0n) is 28.9. The van der Waals surface area contributed by atoms with Crippen molar-refractivity contribution in [2.45, 2.75) is 82.3 Å². The van der Waals surface area contributed by atoms with E-state index in [4.69, 9.17) is 26.3 Å². The Morgan fingerprint density at radius 1 is 0.788 bits per heavy atom. The van der Waals surface area contributed by atoms with E-state index in [-0.39, 0.29) is 197 Å². The minimum absolute atomic E-state index is 0. The van der Waals surface area contributed by atoms with Gasteiger partial charge in [-0.05, 0) is 44.6 Å². The third-order valence-electron chi connectivity index (χ3n) is 6.52. The summed E-state index contributed by atoms with van der Waals surface area (Å²) in [6.45, 7) is -0.313. The number of pyridine rings is 1. The first-order valence-electron chi connectivity index (χ1n) is 14.7. The maximum Gasteiger partial charge on any atom is 1.00 e. The summed E-state index contributed by atoms with van der Waals surface area (Å²) in [6.07, 6.45) is -0.200. The van der Waals surface area contributed by atoms with Crippen molar-refractivity contribution in [3.63, 3.8) is 0 Å². The maximum atomic E-state index is 13.1. The Labute approximate surface area is 430 Å². The second kappa shape index (κ2) is 30.8. The molecule has 0 aliphatic carbocycles. The Morgan fingerprint density at radius 2 is 1.33 bits per heavy atom. The number of aliphatic carboxylic acids is 4. The molecule has 19 nitrogen and oxygen atoms in total. The van der Waals surface area contributed by atoms with Crippen molar-refractivity contribution in [3.8, 4) is 0 Å². The molecule has 9 N–H and O–H groups in total. The first-order chi connectivity index (χ1) is 22.9. The van der Waals surface area contributed by atoms with Crippen molar-refractivity contribution < 1.29 is 227 Å². The molecule has 1 rings (SSSR count). The Balaban J connectivity index is -0.00000800. The molecular weight excluding hydrogens is 820 g/mol. The second-order valence-electron chi connectivity index (χ2n) is 10.5. The summed E-state index contributed by atoms with van der Waals surface area (Å²) in [5, 5.41) is 45.1. The molecule has 0 aromatic carbocycles. The number of nitrogens with one attached hydrogen (secondary N) is 4. The number of halogens is 2. The van der Waals surface area contributed by atoms with Crippen LogP contribution in [0, 0.1) is 5.95 Å². The fourth-order valence-corrected chi connectivity index (χ4v) is 5.23. The molecule has 0 bridgehead atoms. The predicted octanol–water partition coefficient (Wildman–Crippen LogP) is -8.10. The summed E-state index contributed by atoms with van der Waals surface area (Å²) < 4.78 is 30.0. The van der Waals surface area contributed by atoms with Crippen molar-refractivity contribution in [1.29, 1.82) is 0 Å². The molecule has 0 radical (unpaired) electrons. The predicted molar refractivity (Wildman–Crippen MR) is 165 cm³/mol.